The quantitative estimate of drug-likeness (QED) is 0.118. The summed E-state index contributed by atoms with van der Waals surface area (Å²) in [6.45, 7) is 4.07. The predicted molar refractivity (Wildman–Crippen MR) is 259 cm³/mol. The average molecular weight is 1070 g/mol. The SMILES string of the molecule is CC(=O)CCl.CC(=O)Cn1c(=O)c2c(ncn2CC(=O)Nc2cccc(-c3cnc(C)c(C(F)(F)F)c3)n2)n(C)c1=O.Cc1ncc(-c2cccc(NC(=O)Cn3cnc4c3c(=O)[nH]c(=O)n4C)n2)cc1C(F)(F)F. The van der Waals surface area contributed by atoms with Gasteiger partial charge in [0.2, 0.25) is 11.8 Å². The predicted octanol–water partition coefficient (Wildman–Crippen LogP) is 4.57. The molecule has 0 spiro atoms. The van der Waals surface area contributed by atoms with E-state index < -0.39 is 70.1 Å². The Hall–Kier alpha value is -8.95. The number of H-pyrrole nitrogens is 1. The fourth-order valence-corrected chi connectivity index (χ4v) is 7.03. The molecule has 0 radical (unpaired) electrons. The van der Waals surface area contributed by atoms with Crippen molar-refractivity contribution >= 4 is 68.9 Å². The summed E-state index contributed by atoms with van der Waals surface area (Å²) in [7, 11) is 2.81. The van der Waals surface area contributed by atoms with Crippen LogP contribution in [0.2, 0.25) is 0 Å². The van der Waals surface area contributed by atoms with Crippen LogP contribution in [0.4, 0.5) is 38.0 Å². The fourth-order valence-electron chi connectivity index (χ4n) is 7.03. The number of fused-ring (bicyclic) bond motifs is 2. The molecule has 0 bridgehead atoms. The van der Waals surface area contributed by atoms with Crippen molar-refractivity contribution in [1.29, 1.82) is 0 Å². The summed E-state index contributed by atoms with van der Waals surface area (Å²) in [5.41, 5.74) is -4.18. The number of ketones is 2. The third kappa shape index (κ3) is 13.0. The van der Waals surface area contributed by atoms with Crippen molar-refractivity contribution in [2.75, 3.05) is 16.5 Å². The number of carbonyl (C=O) groups is 4. The molecule has 8 heterocycles. The first kappa shape index (κ1) is 55.4. The normalized spacial score (nSPS) is 11.4. The number of carbonyl (C=O) groups excluding carboxylic acids is 4. The number of imidazole rings is 2. The molecule has 22 nitrogen and oxygen atoms in total. The van der Waals surface area contributed by atoms with E-state index in [9.17, 15) is 64.7 Å². The molecule has 0 saturated carbocycles. The minimum absolute atomic E-state index is 0.0201. The van der Waals surface area contributed by atoms with Crippen LogP contribution in [0, 0.1) is 13.8 Å². The van der Waals surface area contributed by atoms with Crippen molar-refractivity contribution in [2.24, 2.45) is 14.1 Å². The van der Waals surface area contributed by atoms with E-state index in [4.69, 9.17) is 11.6 Å². The molecule has 3 N–H and O–H groups in total. The van der Waals surface area contributed by atoms with Gasteiger partial charge in [-0.2, -0.15) is 26.3 Å². The van der Waals surface area contributed by atoms with Crippen molar-refractivity contribution in [3.63, 3.8) is 0 Å². The monoisotopic (exact) mass is 1070 g/mol. The van der Waals surface area contributed by atoms with E-state index in [0.29, 0.717) is 0 Å². The van der Waals surface area contributed by atoms with E-state index in [-0.39, 0.29) is 92.6 Å². The van der Waals surface area contributed by atoms with Gasteiger partial charge >= 0.3 is 23.7 Å². The Bertz CT molecular complexity index is 3780. The van der Waals surface area contributed by atoms with Gasteiger partial charge in [0.1, 0.15) is 36.3 Å². The van der Waals surface area contributed by atoms with Gasteiger partial charge in [0.25, 0.3) is 11.1 Å². The lowest BCUT2D eigenvalue weighted by Crippen LogP contribution is -2.41. The molecule has 0 unspecified atom stereocenters. The number of anilines is 2. The molecule has 8 aromatic rings. The summed E-state index contributed by atoms with van der Waals surface area (Å²) in [4.78, 5) is 122. The van der Waals surface area contributed by atoms with Crippen LogP contribution in [0.5, 0.6) is 0 Å². The number of hydrogen-bond donors (Lipinski definition) is 3. The Morgan fingerprint density at radius 1 is 0.640 bits per heavy atom. The van der Waals surface area contributed by atoms with Gasteiger partial charge in [0, 0.05) is 49.0 Å². The Balaban J connectivity index is 0.000000225. The Morgan fingerprint density at radius 3 is 1.51 bits per heavy atom. The van der Waals surface area contributed by atoms with E-state index in [0.717, 1.165) is 25.8 Å². The summed E-state index contributed by atoms with van der Waals surface area (Å²) in [6, 6.07) is 10.8. The van der Waals surface area contributed by atoms with Crippen molar-refractivity contribution in [3.05, 3.63) is 138 Å². The van der Waals surface area contributed by atoms with E-state index in [1.54, 1.807) is 0 Å². The van der Waals surface area contributed by atoms with E-state index in [2.05, 4.69) is 45.5 Å². The number of aromatic nitrogens is 12. The highest BCUT2D eigenvalue weighted by Gasteiger charge is 2.34. The van der Waals surface area contributed by atoms with Gasteiger partial charge in [-0.05, 0) is 64.1 Å². The van der Waals surface area contributed by atoms with Gasteiger partial charge in [-0.3, -0.25) is 57.4 Å². The number of aryl methyl sites for hydroxylation is 4. The van der Waals surface area contributed by atoms with Crippen LogP contribution < -0.4 is 33.1 Å². The summed E-state index contributed by atoms with van der Waals surface area (Å²) >= 11 is 4.99. The number of amides is 2. The van der Waals surface area contributed by atoms with Crippen molar-refractivity contribution in [1.82, 2.24) is 57.7 Å². The number of aromatic amines is 1. The first-order valence-corrected chi connectivity index (χ1v) is 22.2. The number of hydrogen-bond acceptors (Lipinski definition) is 14. The summed E-state index contributed by atoms with van der Waals surface area (Å²) in [5.74, 6) is -1.27. The minimum atomic E-state index is -4.58. The minimum Gasteiger partial charge on any atom is -0.315 e. The molecular weight excluding hydrogens is 1030 g/mol. The second kappa shape index (κ2) is 22.4. The highest BCUT2D eigenvalue weighted by molar-refractivity contribution is 6.27. The van der Waals surface area contributed by atoms with E-state index >= 15 is 0 Å². The summed E-state index contributed by atoms with van der Waals surface area (Å²) in [6.07, 6.45) is -4.16. The van der Waals surface area contributed by atoms with Crippen LogP contribution in [0.1, 0.15) is 36.4 Å². The van der Waals surface area contributed by atoms with Crippen LogP contribution in [-0.2, 0) is 65.3 Å². The third-order valence-corrected chi connectivity index (χ3v) is 11.0. The highest BCUT2D eigenvalue weighted by Crippen LogP contribution is 2.35. The molecule has 0 aromatic carbocycles. The highest BCUT2D eigenvalue weighted by atomic mass is 35.5. The molecule has 29 heteroatoms. The Labute approximate surface area is 421 Å². The molecule has 0 aliphatic carbocycles. The Kier molecular flexibility index (Phi) is 16.6. The molecule has 0 saturated heterocycles. The average Bonchev–Trinajstić information content (AvgIpc) is 3.96. The maximum absolute atomic E-state index is 13.3. The molecule has 0 fully saturated rings. The fraction of sp³-hybridized carbons (Fsp3) is 0.261. The first-order chi connectivity index (χ1) is 35.2. The molecule has 392 valence electrons. The van der Waals surface area contributed by atoms with Crippen molar-refractivity contribution in [2.45, 2.75) is 59.7 Å². The van der Waals surface area contributed by atoms with Crippen LogP contribution in [-0.4, -0.2) is 87.0 Å². The van der Waals surface area contributed by atoms with Crippen LogP contribution in [0.15, 0.2) is 92.8 Å². The number of pyridine rings is 4. The molecule has 75 heavy (non-hydrogen) atoms. The van der Waals surface area contributed by atoms with Crippen molar-refractivity contribution < 1.29 is 45.5 Å². The lowest BCUT2D eigenvalue weighted by atomic mass is 10.1. The van der Waals surface area contributed by atoms with Gasteiger partial charge in [0.15, 0.2) is 22.3 Å². The summed E-state index contributed by atoms with van der Waals surface area (Å²) in [5, 5.41) is 5.07. The smallest absolute Gasteiger partial charge is 0.315 e. The van der Waals surface area contributed by atoms with E-state index in [1.807, 2.05) is 0 Å². The largest absolute Gasteiger partial charge is 0.418 e. The van der Waals surface area contributed by atoms with Gasteiger partial charge in [-0.1, -0.05) is 12.1 Å². The molecule has 8 aromatic heterocycles. The van der Waals surface area contributed by atoms with Crippen LogP contribution in [0.25, 0.3) is 44.8 Å². The zero-order chi connectivity index (χ0) is 55.3. The molecule has 0 aliphatic heterocycles. The topological polar surface area (TPSA) is 278 Å². The zero-order valence-corrected chi connectivity index (χ0v) is 40.8. The van der Waals surface area contributed by atoms with Crippen molar-refractivity contribution in [3.8, 4) is 22.5 Å². The van der Waals surface area contributed by atoms with Gasteiger partial charge in [-0.25, -0.2) is 29.5 Å². The Morgan fingerprint density at radius 2 is 1.08 bits per heavy atom. The van der Waals surface area contributed by atoms with Gasteiger partial charge in [-0.15, -0.1) is 11.6 Å². The van der Waals surface area contributed by atoms with Crippen LogP contribution in [0.3, 0.4) is 0 Å². The zero-order valence-electron chi connectivity index (χ0n) is 40.1. The number of alkyl halides is 7. The molecule has 2 amide bonds. The lowest BCUT2D eigenvalue weighted by Gasteiger charge is -2.12. The molecule has 0 atom stereocenters. The van der Waals surface area contributed by atoms with Gasteiger partial charge < -0.3 is 19.8 Å². The number of halogens is 7. The molecular formula is C46H41ClF6N14O8. The van der Waals surface area contributed by atoms with Crippen LogP contribution >= 0.6 is 11.6 Å². The summed E-state index contributed by atoms with van der Waals surface area (Å²) < 4.78 is 84.9. The number of Topliss-reactive ketones (excluding diaryl/α,β-unsaturated/α-hetero) is 2. The standard InChI is InChI=1S/C23H20F3N7O4.C20H16F3N7O3.C3H5ClO/c1-12(34)9-33-21(36)19-20(31(3)22(33)37)28-11-32(19)10-18(35)30-17-6-4-5-16(29-17)14-7-15(23(24,25)26)13(2)27-8-14;1-10-12(20(21,22)23)6-11(7-24-10)13-4-3-5-14(26-13)27-15(31)8-30-9-25-17-16(30)18(32)28-19(33)29(17)2;1-3(5)2-4/h4-8,11H,9-10H2,1-3H3,(H,29,30,35);3-7,9H,8H2,1-2H3,(H,26,27,31)(H,28,32,33);2H2,1H3. The third-order valence-electron chi connectivity index (χ3n) is 10.6. The molecule has 8 rings (SSSR count). The first-order valence-electron chi connectivity index (χ1n) is 21.6. The maximum atomic E-state index is 13.3. The molecule has 0 aliphatic rings. The second-order valence-electron chi connectivity index (χ2n) is 16.3. The number of nitrogens with zero attached hydrogens (tertiary/aromatic N) is 11. The number of nitrogens with one attached hydrogen (secondary N) is 3. The van der Waals surface area contributed by atoms with Gasteiger partial charge in [0.05, 0.1) is 47.6 Å². The number of rotatable bonds is 11. The van der Waals surface area contributed by atoms with E-state index in [1.165, 1.54) is 112 Å². The lowest BCUT2D eigenvalue weighted by molar-refractivity contribution is -0.139. The maximum Gasteiger partial charge on any atom is 0.418 e. The second-order valence-corrected chi connectivity index (χ2v) is 16.6.